The fourth-order valence-corrected chi connectivity index (χ4v) is 2.74. The molecular formula is C18H17FN2O3. The first-order valence-corrected chi connectivity index (χ1v) is 7.60. The molecule has 0 aliphatic carbocycles. The van der Waals surface area contributed by atoms with Crippen molar-refractivity contribution in [2.75, 3.05) is 23.9 Å². The molecule has 0 radical (unpaired) electrons. The van der Waals surface area contributed by atoms with E-state index in [1.807, 2.05) is 0 Å². The Morgan fingerprint density at radius 2 is 2.00 bits per heavy atom. The average molecular weight is 328 g/mol. The van der Waals surface area contributed by atoms with Gasteiger partial charge >= 0.3 is 5.97 Å². The smallest absolute Gasteiger partial charge is 0.337 e. The number of halogens is 1. The number of nitrogens with one attached hydrogen (secondary N) is 1. The molecule has 1 aliphatic heterocycles. The standard InChI is InChI=1S/C18H17FN2O3/c1-24-18(23)12-5-7-14(8-6-12)20-16-9-10-21(17(16)22)15-4-2-3-13(19)11-15/h2-8,11,16,20H,9-10H2,1H3. The molecular weight excluding hydrogens is 311 g/mol. The van der Waals surface area contributed by atoms with Crippen molar-refractivity contribution in [2.45, 2.75) is 12.5 Å². The summed E-state index contributed by atoms with van der Waals surface area (Å²) in [4.78, 5) is 25.5. The van der Waals surface area contributed by atoms with Gasteiger partial charge in [0.25, 0.3) is 0 Å². The van der Waals surface area contributed by atoms with E-state index >= 15 is 0 Å². The molecule has 1 fully saturated rings. The summed E-state index contributed by atoms with van der Waals surface area (Å²) >= 11 is 0. The molecule has 1 aliphatic rings. The van der Waals surface area contributed by atoms with Gasteiger partial charge in [-0.3, -0.25) is 4.79 Å². The molecule has 1 N–H and O–H groups in total. The van der Waals surface area contributed by atoms with Gasteiger partial charge in [-0.25, -0.2) is 9.18 Å². The number of methoxy groups -OCH3 is 1. The van der Waals surface area contributed by atoms with Gasteiger partial charge in [0.15, 0.2) is 0 Å². The number of ether oxygens (including phenoxy) is 1. The van der Waals surface area contributed by atoms with Crippen molar-refractivity contribution in [3.05, 3.63) is 59.9 Å². The molecule has 5 nitrogen and oxygen atoms in total. The predicted molar refractivity (Wildman–Crippen MR) is 88.6 cm³/mol. The van der Waals surface area contributed by atoms with Crippen LogP contribution in [0.15, 0.2) is 48.5 Å². The van der Waals surface area contributed by atoms with Gasteiger partial charge in [-0.05, 0) is 48.9 Å². The molecule has 1 atom stereocenters. The zero-order chi connectivity index (χ0) is 17.1. The lowest BCUT2D eigenvalue weighted by Crippen LogP contribution is -2.33. The molecule has 0 bridgehead atoms. The highest BCUT2D eigenvalue weighted by Gasteiger charge is 2.32. The van der Waals surface area contributed by atoms with E-state index < -0.39 is 5.97 Å². The molecule has 3 rings (SSSR count). The molecule has 1 heterocycles. The van der Waals surface area contributed by atoms with Crippen LogP contribution >= 0.6 is 0 Å². The van der Waals surface area contributed by atoms with Crippen LogP contribution in [-0.2, 0) is 9.53 Å². The Bertz CT molecular complexity index is 761. The summed E-state index contributed by atoms with van der Waals surface area (Å²) in [6.45, 7) is 0.528. The highest BCUT2D eigenvalue weighted by molar-refractivity contribution is 6.01. The number of hydrogen-bond acceptors (Lipinski definition) is 4. The van der Waals surface area contributed by atoms with Gasteiger partial charge < -0.3 is 15.0 Å². The van der Waals surface area contributed by atoms with Gasteiger partial charge in [0.05, 0.1) is 12.7 Å². The van der Waals surface area contributed by atoms with E-state index in [-0.39, 0.29) is 17.8 Å². The minimum absolute atomic E-state index is 0.0994. The van der Waals surface area contributed by atoms with Crippen molar-refractivity contribution >= 4 is 23.3 Å². The second kappa shape index (κ2) is 6.70. The van der Waals surface area contributed by atoms with Crippen molar-refractivity contribution in [3.8, 4) is 0 Å². The number of carbonyl (C=O) groups is 2. The van der Waals surface area contributed by atoms with Crippen LogP contribution in [-0.4, -0.2) is 31.6 Å². The van der Waals surface area contributed by atoms with Gasteiger partial charge in [0, 0.05) is 17.9 Å². The molecule has 0 aromatic heterocycles. The Kier molecular flexibility index (Phi) is 4.46. The Morgan fingerprint density at radius 3 is 2.67 bits per heavy atom. The number of anilines is 2. The lowest BCUT2D eigenvalue weighted by atomic mass is 10.2. The van der Waals surface area contributed by atoms with E-state index in [1.165, 1.54) is 19.2 Å². The van der Waals surface area contributed by atoms with E-state index in [1.54, 1.807) is 41.3 Å². The number of nitrogens with zero attached hydrogens (tertiary/aromatic N) is 1. The van der Waals surface area contributed by atoms with E-state index in [0.29, 0.717) is 24.2 Å². The number of esters is 1. The molecule has 24 heavy (non-hydrogen) atoms. The number of amides is 1. The van der Waals surface area contributed by atoms with Gasteiger partial charge in [0.1, 0.15) is 11.9 Å². The first kappa shape index (κ1) is 16.0. The Morgan fingerprint density at radius 1 is 1.25 bits per heavy atom. The lowest BCUT2D eigenvalue weighted by molar-refractivity contribution is -0.117. The maximum Gasteiger partial charge on any atom is 0.337 e. The van der Waals surface area contributed by atoms with Crippen LogP contribution in [0, 0.1) is 5.82 Å². The van der Waals surface area contributed by atoms with Gasteiger partial charge in [-0.1, -0.05) is 6.07 Å². The Labute approximate surface area is 139 Å². The van der Waals surface area contributed by atoms with Crippen LogP contribution in [0.3, 0.4) is 0 Å². The fourth-order valence-electron chi connectivity index (χ4n) is 2.74. The van der Waals surface area contributed by atoms with E-state index in [0.717, 1.165) is 5.69 Å². The predicted octanol–water partition coefficient (Wildman–Crippen LogP) is 2.83. The van der Waals surface area contributed by atoms with Crippen LogP contribution in [0.1, 0.15) is 16.8 Å². The molecule has 1 unspecified atom stereocenters. The molecule has 0 spiro atoms. The molecule has 6 heteroatoms. The zero-order valence-corrected chi connectivity index (χ0v) is 13.2. The first-order chi connectivity index (χ1) is 11.6. The topological polar surface area (TPSA) is 58.6 Å². The Balaban J connectivity index is 1.68. The molecule has 124 valence electrons. The minimum Gasteiger partial charge on any atom is -0.465 e. The number of hydrogen-bond donors (Lipinski definition) is 1. The van der Waals surface area contributed by atoms with Gasteiger partial charge in [-0.15, -0.1) is 0 Å². The van der Waals surface area contributed by atoms with Gasteiger partial charge in [-0.2, -0.15) is 0 Å². The maximum atomic E-state index is 13.3. The number of rotatable bonds is 4. The summed E-state index contributed by atoms with van der Waals surface area (Å²) < 4.78 is 18.0. The molecule has 2 aromatic carbocycles. The van der Waals surface area contributed by atoms with E-state index in [2.05, 4.69) is 10.1 Å². The van der Waals surface area contributed by atoms with Crippen LogP contribution in [0.25, 0.3) is 0 Å². The summed E-state index contributed by atoms with van der Waals surface area (Å²) in [5.74, 6) is -0.872. The number of carbonyl (C=O) groups excluding carboxylic acids is 2. The highest BCUT2D eigenvalue weighted by Crippen LogP contribution is 2.24. The molecule has 1 amide bonds. The zero-order valence-electron chi connectivity index (χ0n) is 13.2. The normalized spacial score (nSPS) is 17.0. The summed E-state index contributed by atoms with van der Waals surface area (Å²) in [6, 6.07) is 12.4. The quantitative estimate of drug-likeness (QED) is 0.877. The lowest BCUT2D eigenvalue weighted by Gasteiger charge is -2.18. The van der Waals surface area contributed by atoms with Gasteiger partial charge in [0.2, 0.25) is 5.91 Å². The largest absolute Gasteiger partial charge is 0.465 e. The highest BCUT2D eigenvalue weighted by atomic mass is 19.1. The third kappa shape index (κ3) is 3.22. The van der Waals surface area contributed by atoms with Crippen LogP contribution in [0.2, 0.25) is 0 Å². The summed E-state index contributed by atoms with van der Waals surface area (Å²) in [5.41, 5.74) is 1.75. The number of benzene rings is 2. The third-order valence-corrected chi connectivity index (χ3v) is 3.97. The molecule has 1 saturated heterocycles. The van der Waals surface area contributed by atoms with Crippen molar-refractivity contribution in [2.24, 2.45) is 0 Å². The summed E-state index contributed by atoms with van der Waals surface area (Å²) in [5, 5.41) is 3.15. The summed E-state index contributed by atoms with van der Waals surface area (Å²) in [7, 11) is 1.33. The Hall–Kier alpha value is -2.89. The second-order valence-electron chi connectivity index (χ2n) is 5.52. The van der Waals surface area contributed by atoms with Crippen LogP contribution in [0.5, 0.6) is 0 Å². The van der Waals surface area contributed by atoms with Crippen LogP contribution in [0.4, 0.5) is 15.8 Å². The van der Waals surface area contributed by atoms with E-state index in [4.69, 9.17) is 0 Å². The first-order valence-electron chi connectivity index (χ1n) is 7.60. The van der Waals surface area contributed by atoms with Crippen molar-refractivity contribution in [1.29, 1.82) is 0 Å². The third-order valence-electron chi connectivity index (χ3n) is 3.97. The van der Waals surface area contributed by atoms with Crippen molar-refractivity contribution in [1.82, 2.24) is 0 Å². The average Bonchev–Trinajstić information content (AvgIpc) is 2.95. The van der Waals surface area contributed by atoms with E-state index in [9.17, 15) is 14.0 Å². The fraction of sp³-hybridized carbons (Fsp3) is 0.222. The van der Waals surface area contributed by atoms with Crippen LogP contribution < -0.4 is 10.2 Å². The minimum atomic E-state index is -0.407. The monoisotopic (exact) mass is 328 g/mol. The SMILES string of the molecule is COC(=O)c1ccc(NC2CCN(c3cccc(F)c3)C2=O)cc1. The molecule has 2 aromatic rings. The van der Waals surface area contributed by atoms with Crippen molar-refractivity contribution < 1.29 is 18.7 Å². The van der Waals surface area contributed by atoms with Crippen molar-refractivity contribution in [3.63, 3.8) is 0 Å². The molecule has 0 saturated carbocycles. The summed E-state index contributed by atoms with van der Waals surface area (Å²) in [6.07, 6.45) is 0.619. The maximum absolute atomic E-state index is 13.3. The second-order valence-corrected chi connectivity index (χ2v) is 5.52.